The molecule has 2 aliphatic carbocycles. The molecule has 29 heavy (non-hydrogen) atoms. The van der Waals surface area contributed by atoms with E-state index in [2.05, 4.69) is 28.8 Å². The van der Waals surface area contributed by atoms with Gasteiger partial charge in [0, 0.05) is 6.04 Å². The van der Waals surface area contributed by atoms with E-state index < -0.39 is 17.6 Å². The van der Waals surface area contributed by atoms with Crippen molar-refractivity contribution in [3.8, 4) is 0 Å². The number of hydrogen-bond donors (Lipinski definition) is 2. The van der Waals surface area contributed by atoms with Crippen LogP contribution in [0.25, 0.3) is 0 Å². The molecule has 4 rings (SSSR count). The normalized spacial score (nSPS) is 31.5. The first-order valence-electron chi connectivity index (χ1n) is 11.2. The SMILES string of the molecule is CC(C)(C)OC(=O)C1C(C(=O)NC2CCCc3ccccc32)NC2CCCCC21. The van der Waals surface area contributed by atoms with Gasteiger partial charge in [0.05, 0.1) is 12.0 Å². The van der Waals surface area contributed by atoms with Gasteiger partial charge in [0.1, 0.15) is 11.6 Å². The van der Waals surface area contributed by atoms with Crippen LogP contribution in [-0.2, 0) is 20.7 Å². The molecule has 158 valence electrons. The summed E-state index contributed by atoms with van der Waals surface area (Å²) in [7, 11) is 0. The van der Waals surface area contributed by atoms with Gasteiger partial charge in [-0.1, -0.05) is 37.1 Å². The number of nitrogens with one attached hydrogen (secondary N) is 2. The minimum absolute atomic E-state index is 0.0242. The van der Waals surface area contributed by atoms with Crippen LogP contribution in [0.5, 0.6) is 0 Å². The summed E-state index contributed by atoms with van der Waals surface area (Å²) in [6.45, 7) is 5.67. The van der Waals surface area contributed by atoms with Gasteiger partial charge >= 0.3 is 5.97 Å². The number of fused-ring (bicyclic) bond motifs is 2. The summed E-state index contributed by atoms with van der Waals surface area (Å²) in [4.78, 5) is 26.4. The predicted molar refractivity (Wildman–Crippen MR) is 112 cm³/mol. The van der Waals surface area contributed by atoms with Crippen LogP contribution in [0.3, 0.4) is 0 Å². The molecule has 1 saturated carbocycles. The Morgan fingerprint density at radius 2 is 1.83 bits per heavy atom. The average molecular weight is 399 g/mol. The van der Waals surface area contributed by atoms with Gasteiger partial charge in [-0.05, 0) is 69.9 Å². The first-order chi connectivity index (χ1) is 13.8. The molecule has 2 fully saturated rings. The van der Waals surface area contributed by atoms with Gasteiger partial charge in [-0.2, -0.15) is 0 Å². The monoisotopic (exact) mass is 398 g/mol. The van der Waals surface area contributed by atoms with E-state index in [9.17, 15) is 9.59 Å². The highest BCUT2D eigenvalue weighted by Gasteiger charge is 2.51. The van der Waals surface area contributed by atoms with Crippen molar-refractivity contribution in [1.29, 1.82) is 0 Å². The molecule has 1 aromatic rings. The number of esters is 1. The minimum Gasteiger partial charge on any atom is -0.460 e. The second kappa shape index (κ2) is 8.10. The van der Waals surface area contributed by atoms with Crippen molar-refractivity contribution >= 4 is 11.9 Å². The highest BCUT2D eigenvalue weighted by atomic mass is 16.6. The van der Waals surface area contributed by atoms with Gasteiger partial charge < -0.3 is 15.4 Å². The van der Waals surface area contributed by atoms with E-state index in [0.717, 1.165) is 44.9 Å². The van der Waals surface area contributed by atoms with Crippen molar-refractivity contribution in [3.63, 3.8) is 0 Å². The Balaban J connectivity index is 1.53. The molecule has 2 N–H and O–H groups in total. The Morgan fingerprint density at radius 3 is 2.62 bits per heavy atom. The molecule has 3 aliphatic rings. The summed E-state index contributed by atoms with van der Waals surface area (Å²) < 4.78 is 5.74. The molecule has 1 aliphatic heterocycles. The average Bonchev–Trinajstić information content (AvgIpc) is 3.07. The zero-order valence-electron chi connectivity index (χ0n) is 17.9. The Morgan fingerprint density at radius 1 is 1.07 bits per heavy atom. The van der Waals surface area contributed by atoms with E-state index >= 15 is 0 Å². The maximum Gasteiger partial charge on any atom is 0.311 e. The summed E-state index contributed by atoms with van der Waals surface area (Å²) >= 11 is 0. The molecule has 5 nitrogen and oxygen atoms in total. The van der Waals surface area contributed by atoms with Crippen molar-refractivity contribution in [2.75, 3.05) is 0 Å². The number of amides is 1. The lowest BCUT2D eigenvalue weighted by molar-refractivity contribution is -0.163. The maximum absolute atomic E-state index is 13.4. The first kappa shape index (κ1) is 20.4. The Labute approximate surface area is 174 Å². The number of benzene rings is 1. The second-order valence-corrected chi connectivity index (χ2v) is 9.91. The summed E-state index contributed by atoms with van der Waals surface area (Å²) in [5.41, 5.74) is 1.99. The zero-order chi connectivity index (χ0) is 20.6. The van der Waals surface area contributed by atoms with Crippen molar-refractivity contribution in [2.24, 2.45) is 11.8 Å². The summed E-state index contributed by atoms with van der Waals surface area (Å²) in [6, 6.07) is 8.12. The van der Waals surface area contributed by atoms with Crippen molar-refractivity contribution in [3.05, 3.63) is 35.4 Å². The van der Waals surface area contributed by atoms with Crippen LogP contribution in [0.15, 0.2) is 24.3 Å². The molecular formula is C24H34N2O3. The summed E-state index contributed by atoms with van der Waals surface area (Å²) in [5.74, 6) is -0.507. The van der Waals surface area contributed by atoms with Crippen LogP contribution < -0.4 is 10.6 Å². The molecule has 1 amide bonds. The Hall–Kier alpha value is -1.88. The van der Waals surface area contributed by atoms with Crippen LogP contribution in [0, 0.1) is 11.8 Å². The van der Waals surface area contributed by atoms with Crippen molar-refractivity contribution < 1.29 is 14.3 Å². The lowest BCUT2D eigenvalue weighted by atomic mass is 9.78. The molecule has 1 saturated heterocycles. The third kappa shape index (κ3) is 4.35. The van der Waals surface area contributed by atoms with Crippen LogP contribution in [0.1, 0.15) is 76.5 Å². The second-order valence-electron chi connectivity index (χ2n) is 9.91. The molecule has 0 aromatic heterocycles. The fourth-order valence-electron chi connectivity index (χ4n) is 5.46. The van der Waals surface area contributed by atoms with Gasteiger partial charge in [-0.3, -0.25) is 9.59 Å². The van der Waals surface area contributed by atoms with Crippen molar-refractivity contribution in [1.82, 2.24) is 10.6 Å². The smallest absolute Gasteiger partial charge is 0.311 e. The Bertz CT molecular complexity index is 770. The van der Waals surface area contributed by atoms with E-state index in [-0.39, 0.29) is 29.9 Å². The molecule has 5 unspecified atom stereocenters. The number of carbonyl (C=O) groups excluding carboxylic acids is 2. The summed E-state index contributed by atoms with van der Waals surface area (Å²) in [5, 5.41) is 6.78. The molecule has 0 spiro atoms. The summed E-state index contributed by atoms with van der Waals surface area (Å²) in [6.07, 6.45) is 7.36. The van der Waals surface area contributed by atoms with E-state index in [1.54, 1.807) is 0 Å². The lowest BCUT2D eigenvalue weighted by Crippen LogP contribution is -2.49. The molecule has 5 heteroatoms. The molecule has 1 heterocycles. The highest BCUT2D eigenvalue weighted by molar-refractivity contribution is 5.89. The number of rotatable bonds is 3. The minimum atomic E-state index is -0.548. The van der Waals surface area contributed by atoms with E-state index in [4.69, 9.17) is 4.74 Å². The molecule has 0 radical (unpaired) electrons. The standard InChI is InChI=1S/C24H34N2O3/c1-24(2,3)29-23(28)20-17-12-6-7-13-19(17)25-21(20)22(27)26-18-14-8-10-15-9-4-5-11-16(15)18/h4-5,9,11,17-21,25H,6-8,10,12-14H2,1-3H3,(H,26,27). The first-order valence-corrected chi connectivity index (χ1v) is 11.2. The van der Waals surface area contributed by atoms with Crippen LogP contribution in [0.4, 0.5) is 0 Å². The third-order valence-corrected chi connectivity index (χ3v) is 6.68. The van der Waals surface area contributed by atoms with E-state index in [1.165, 1.54) is 11.1 Å². The quantitative estimate of drug-likeness (QED) is 0.763. The van der Waals surface area contributed by atoms with E-state index in [0.29, 0.717) is 0 Å². The van der Waals surface area contributed by atoms with Gasteiger partial charge in [0.25, 0.3) is 0 Å². The molecule has 5 atom stereocenters. The number of aryl methyl sites for hydroxylation is 1. The van der Waals surface area contributed by atoms with Crippen LogP contribution in [-0.4, -0.2) is 29.6 Å². The fourth-order valence-corrected chi connectivity index (χ4v) is 5.46. The molecule has 1 aromatic carbocycles. The maximum atomic E-state index is 13.4. The van der Waals surface area contributed by atoms with E-state index in [1.807, 2.05) is 26.8 Å². The van der Waals surface area contributed by atoms with Crippen LogP contribution >= 0.6 is 0 Å². The largest absolute Gasteiger partial charge is 0.460 e. The van der Waals surface area contributed by atoms with Gasteiger partial charge in [-0.25, -0.2) is 0 Å². The topological polar surface area (TPSA) is 67.4 Å². The zero-order valence-corrected chi connectivity index (χ0v) is 17.9. The third-order valence-electron chi connectivity index (χ3n) is 6.68. The highest BCUT2D eigenvalue weighted by Crippen LogP contribution is 2.39. The number of hydrogen-bond acceptors (Lipinski definition) is 4. The number of ether oxygens (including phenoxy) is 1. The van der Waals surface area contributed by atoms with Gasteiger partial charge in [-0.15, -0.1) is 0 Å². The Kier molecular flexibility index (Phi) is 5.69. The molecular weight excluding hydrogens is 364 g/mol. The fraction of sp³-hybridized carbons (Fsp3) is 0.667. The molecule has 0 bridgehead atoms. The van der Waals surface area contributed by atoms with Gasteiger partial charge in [0.2, 0.25) is 5.91 Å². The van der Waals surface area contributed by atoms with Crippen LogP contribution in [0.2, 0.25) is 0 Å². The lowest BCUT2D eigenvalue weighted by Gasteiger charge is -2.31. The van der Waals surface area contributed by atoms with Gasteiger partial charge in [0.15, 0.2) is 0 Å². The number of carbonyl (C=O) groups is 2. The van der Waals surface area contributed by atoms with Crippen molar-refractivity contribution in [2.45, 2.75) is 89.4 Å². The predicted octanol–water partition coefficient (Wildman–Crippen LogP) is 3.67.